The molecule has 0 saturated carbocycles. The van der Waals surface area contributed by atoms with Crippen LogP contribution in [-0.4, -0.2) is 12.6 Å². The summed E-state index contributed by atoms with van der Waals surface area (Å²) in [7, 11) is 0. The molecule has 0 amide bonds. The van der Waals surface area contributed by atoms with E-state index >= 15 is 0 Å². The molecule has 0 aliphatic heterocycles. The topological polar surface area (TPSA) is 47.3 Å². The Morgan fingerprint density at radius 2 is 1.67 bits per heavy atom. The molecule has 112 valence electrons. The molecule has 3 nitrogen and oxygen atoms in total. The molecule has 1 unspecified atom stereocenters. The Labute approximate surface area is 124 Å². The second-order valence-electron chi connectivity index (χ2n) is 5.18. The van der Waals surface area contributed by atoms with Crippen molar-refractivity contribution in [3.63, 3.8) is 0 Å². The SMILES string of the molecule is CC(C)Oc1ccc(C(CN)Nc2ccc(F)cc2)cc1. The van der Waals surface area contributed by atoms with Gasteiger partial charge in [-0.25, -0.2) is 4.39 Å². The Morgan fingerprint density at radius 1 is 1.05 bits per heavy atom. The molecule has 0 saturated heterocycles. The van der Waals surface area contributed by atoms with E-state index in [1.807, 2.05) is 38.1 Å². The second kappa shape index (κ2) is 7.09. The van der Waals surface area contributed by atoms with Crippen molar-refractivity contribution in [2.45, 2.75) is 26.0 Å². The first-order valence-corrected chi connectivity index (χ1v) is 7.07. The zero-order chi connectivity index (χ0) is 15.2. The van der Waals surface area contributed by atoms with Crippen LogP contribution in [0.25, 0.3) is 0 Å². The summed E-state index contributed by atoms with van der Waals surface area (Å²) >= 11 is 0. The van der Waals surface area contributed by atoms with Gasteiger partial charge in [-0.2, -0.15) is 0 Å². The zero-order valence-electron chi connectivity index (χ0n) is 12.3. The van der Waals surface area contributed by atoms with Gasteiger partial charge in [0.15, 0.2) is 0 Å². The molecule has 21 heavy (non-hydrogen) atoms. The summed E-state index contributed by atoms with van der Waals surface area (Å²) in [4.78, 5) is 0. The van der Waals surface area contributed by atoms with Crippen LogP contribution in [0.4, 0.5) is 10.1 Å². The minimum absolute atomic E-state index is 0.0245. The summed E-state index contributed by atoms with van der Waals surface area (Å²) in [6.07, 6.45) is 0.151. The van der Waals surface area contributed by atoms with Gasteiger partial charge in [-0.15, -0.1) is 0 Å². The third-order valence-electron chi connectivity index (χ3n) is 3.08. The number of nitrogens with two attached hydrogens (primary N) is 1. The number of benzene rings is 2. The van der Waals surface area contributed by atoms with Gasteiger partial charge in [-0.3, -0.25) is 0 Å². The molecule has 4 heteroatoms. The van der Waals surface area contributed by atoms with Crippen LogP contribution in [0.5, 0.6) is 5.75 Å². The van der Waals surface area contributed by atoms with Crippen molar-refractivity contribution in [2.75, 3.05) is 11.9 Å². The number of rotatable bonds is 6. The van der Waals surface area contributed by atoms with Crippen LogP contribution < -0.4 is 15.8 Å². The maximum Gasteiger partial charge on any atom is 0.123 e. The summed E-state index contributed by atoms with van der Waals surface area (Å²) in [5.41, 5.74) is 7.74. The quantitative estimate of drug-likeness (QED) is 0.851. The lowest BCUT2D eigenvalue weighted by molar-refractivity contribution is 0.242. The van der Waals surface area contributed by atoms with Crippen molar-refractivity contribution in [3.05, 3.63) is 59.9 Å². The van der Waals surface area contributed by atoms with Crippen LogP contribution >= 0.6 is 0 Å². The molecule has 0 radical (unpaired) electrons. The van der Waals surface area contributed by atoms with Crippen molar-refractivity contribution in [1.29, 1.82) is 0 Å². The standard InChI is InChI=1S/C17H21FN2O/c1-12(2)21-16-9-3-13(4-10-16)17(11-19)20-15-7-5-14(18)6-8-15/h3-10,12,17,20H,11,19H2,1-2H3. The average Bonchev–Trinajstić information content (AvgIpc) is 2.47. The fourth-order valence-electron chi connectivity index (χ4n) is 2.08. The lowest BCUT2D eigenvalue weighted by atomic mass is 10.1. The Balaban J connectivity index is 2.08. The number of ether oxygens (including phenoxy) is 1. The van der Waals surface area contributed by atoms with Crippen LogP contribution in [-0.2, 0) is 0 Å². The molecular formula is C17H21FN2O. The van der Waals surface area contributed by atoms with E-state index in [4.69, 9.17) is 10.5 Å². The van der Waals surface area contributed by atoms with Gasteiger partial charge < -0.3 is 15.8 Å². The van der Waals surface area contributed by atoms with Crippen LogP contribution in [0.15, 0.2) is 48.5 Å². The first-order valence-electron chi connectivity index (χ1n) is 7.07. The van der Waals surface area contributed by atoms with E-state index in [9.17, 15) is 4.39 Å². The second-order valence-corrected chi connectivity index (χ2v) is 5.18. The molecule has 2 rings (SSSR count). The molecule has 2 aromatic carbocycles. The van der Waals surface area contributed by atoms with E-state index in [-0.39, 0.29) is 18.0 Å². The van der Waals surface area contributed by atoms with Crippen LogP contribution in [0.2, 0.25) is 0 Å². The van der Waals surface area contributed by atoms with Gasteiger partial charge in [0.1, 0.15) is 11.6 Å². The van der Waals surface area contributed by atoms with Crippen molar-refractivity contribution in [1.82, 2.24) is 0 Å². The highest BCUT2D eigenvalue weighted by Crippen LogP contribution is 2.22. The molecule has 0 aliphatic carbocycles. The van der Waals surface area contributed by atoms with Crippen LogP contribution in [0.3, 0.4) is 0 Å². The lowest BCUT2D eigenvalue weighted by Crippen LogP contribution is -2.20. The van der Waals surface area contributed by atoms with Gasteiger partial charge in [-0.05, 0) is 55.8 Å². The maximum atomic E-state index is 12.9. The number of hydrogen-bond acceptors (Lipinski definition) is 3. The minimum atomic E-state index is -0.250. The molecule has 0 fully saturated rings. The first kappa shape index (κ1) is 15.3. The Kier molecular flexibility index (Phi) is 5.17. The van der Waals surface area contributed by atoms with Gasteiger partial charge in [0.25, 0.3) is 0 Å². The van der Waals surface area contributed by atoms with E-state index in [1.54, 1.807) is 12.1 Å². The lowest BCUT2D eigenvalue weighted by Gasteiger charge is -2.19. The number of anilines is 1. The van der Waals surface area contributed by atoms with Crippen molar-refractivity contribution in [2.24, 2.45) is 5.73 Å². The molecule has 0 bridgehead atoms. The summed E-state index contributed by atoms with van der Waals surface area (Å²) in [5, 5.41) is 3.30. The molecule has 1 atom stereocenters. The molecule has 0 aliphatic rings. The average molecular weight is 288 g/mol. The van der Waals surface area contributed by atoms with E-state index in [1.165, 1.54) is 12.1 Å². The third kappa shape index (κ3) is 4.46. The number of halogens is 1. The Morgan fingerprint density at radius 3 is 2.19 bits per heavy atom. The molecule has 0 heterocycles. The predicted molar refractivity (Wildman–Crippen MR) is 84.0 cm³/mol. The zero-order valence-corrected chi connectivity index (χ0v) is 12.3. The van der Waals surface area contributed by atoms with Gasteiger partial charge >= 0.3 is 0 Å². The monoisotopic (exact) mass is 288 g/mol. The Bertz CT molecular complexity index is 552. The highest BCUT2D eigenvalue weighted by atomic mass is 19.1. The summed E-state index contributed by atoms with van der Waals surface area (Å²) in [6, 6.07) is 14.1. The minimum Gasteiger partial charge on any atom is -0.491 e. The molecule has 3 N–H and O–H groups in total. The van der Waals surface area contributed by atoms with Gasteiger partial charge in [0.05, 0.1) is 12.1 Å². The number of nitrogens with one attached hydrogen (secondary N) is 1. The summed E-state index contributed by atoms with van der Waals surface area (Å²) < 4.78 is 18.5. The van der Waals surface area contributed by atoms with Crippen LogP contribution in [0.1, 0.15) is 25.5 Å². The largest absolute Gasteiger partial charge is 0.491 e. The fraction of sp³-hybridized carbons (Fsp3) is 0.294. The van der Waals surface area contributed by atoms with Gasteiger partial charge in [-0.1, -0.05) is 12.1 Å². The summed E-state index contributed by atoms with van der Waals surface area (Å²) in [5.74, 6) is 0.589. The number of hydrogen-bond donors (Lipinski definition) is 2. The van der Waals surface area contributed by atoms with Crippen molar-refractivity contribution < 1.29 is 9.13 Å². The van der Waals surface area contributed by atoms with Crippen molar-refractivity contribution in [3.8, 4) is 5.75 Å². The molecule has 2 aromatic rings. The van der Waals surface area contributed by atoms with E-state index in [0.717, 1.165) is 17.0 Å². The fourth-order valence-corrected chi connectivity index (χ4v) is 2.08. The maximum absolute atomic E-state index is 12.9. The molecular weight excluding hydrogens is 267 g/mol. The van der Waals surface area contributed by atoms with E-state index in [2.05, 4.69) is 5.32 Å². The third-order valence-corrected chi connectivity index (χ3v) is 3.08. The van der Waals surface area contributed by atoms with Crippen molar-refractivity contribution >= 4 is 5.69 Å². The van der Waals surface area contributed by atoms with Crippen LogP contribution in [0, 0.1) is 5.82 Å². The highest BCUT2D eigenvalue weighted by Gasteiger charge is 2.10. The molecule has 0 spiro atoms. The summed E-state index contributed by atoms with van der Waals surface area (Å²) in [6.45, 7) is 4.43. The normalized spacial score (nSPS) is 12.2. The van der Waals surface area contributed by atoms with Gasteiger partial charge in [0, 0.05) is 12.2 Å². The van der Waals surface area contributed by atoms with E-state index in [0.29, 0.717) is 6.54 Å². The molecule has 0 aromatic heterocycles. The highest BCUT2D eigenvalue weighted by molar-refractivity contribution is 5.46. The predicted octanol–water partition coefficient (Wildman–Crippen LogP) is 3.72. The Hall–Kier alpha value is -2.07. The smallest absolute Gasteiger partial charge is 0.123 e. The van der Waals surface area contributed by atoms with Gasteiger partial charge in [0.2, 0.25) is 0 Å². The first-order chi connectivity index (χ1) is 10.1. The van der Waals surface area contributed by atoms with E-state index < -0.39 is 0 Å².